The van der Waals surface area contributed by atoms with Gasteiger partial charge in [0.05, 0.1) is 0 Å². The second kappa shape index (κ2) is 5.22. The SMILES string of the molecule is CCc1cc(Br)ccc1N1CC(S(N)(=O)=O)CC1=O. The van der Waals surface area contributed by atoms with E-state index in [1.165, 1.54) is 4.90 Å². The van der Waals surface area contributed by atoms with Gasteiger partial charge in [0.25, 0.3) is 0 Å². The van der Waals surface area contributed by atoms with Crippen molar-refractivity contribution >= 4 is 37.5 Å². The van der Waals surface area contributed by atoms with Crippen LogP contribution in [-0.2, 0) is 21.2 Å². The van der Waals surface area contributed by atoms with Crippen molar-refractivity contribution in [2.24, 2.45) is 5.14 Å². The molecule has 1 heterocycles. The van der Waals surface area contributed by atoms with E-state index in [2.05, 4.69) is 15.9 Å². The lowest BCUT2D eigenvalue weighted by atomic mass is 10.1. The molecule has 5 nitrogen and oxygen atoms in total. The molecule has 0 radical (unpaired) electrons. The van der Waals surface area contributed by atoms with Crippen molar-refractivity contribution < 1.29 is 13.2 Å². The Bertz CT molecular complexity index is 615. The number of hydrogen-bond donors (Lipinski definition) is 1. The third-order valence-corrected chi connectivity index (χ3v) is 5.01. The quantitative estimate of drug-likeness (QED) is 0.898. The van der Waals surface area contributed by atoms with Gasteiger partial charge < -0.3 is 4.90 Å². The van der Waals surface area contributed by atoms with Crippen molar-refractivity contribution in [3.8, 4) is 0 Å². The van der Waals surface area contributed by atoms with Gasteiger partial charge in [0.15, 0.2) is 0 Å². The van der Waals surface area contributed by atoms with E-state index in [-0.39, 0.29) is 18.9 Å². The zero-order valence-electron chi connectivity index (χ0n) is 10.5. The van der Waals surface area contributed by atoms with E-state index >= 15 is 0 Å². The summed E-state index contributed by atoms with van der Waals surface area (Å²) in [4.78, 5) is 13.5. The van der Waals surface area contributed by atoms with Gasteiger partial charge in [-0.3, -0.25) is 4.79 Å². The summed E-state index contributed by atoms with van der Waals surface area (Å²) in [7, 11) is -3.68. The number of rotatable bonds is 3. The van der Waals surface area contributed by atoms with Gasteiger partial charge in [-0.2, -0.15) is 0 Å². The first-order valence-electron chi connectivity index (χ1n) is 5.93. The van der Waals surface area contributed by atoms with Gasteiger partial charge in [0.2, 0.25) is 15.9 Å². The summed E-state index contributed by atoms with van der Waals surface area (Å²) in [5, 5.41) is 4.31. The molecule has 2 rings (SSSR count). The van der Waals surface area contributed by atoms with Crippen molar-refractivity contribution in [1.29, 1.82) is 0 Å². The molecule has 19 heavy (non-hydrogen) atoms. The third-order valence-electron chi connectivity index (χ3n) is 3.27. The van der Waals surface area contributed by atoms with E-state index in [1.807, 2.05) is 25.1 Å². The fourth-order valence-corrected chi connectivity index (χ4v) is 3.37. The molecule has 0 bridgehead atoms. The fourth-order valence-electron chi connectivity index (χ4n) is 2.23. The van der Waals surface area contributed by atoms with E-state index in [4.69, 9.17) is 5.14 Å². The maximum Gasteiger partial charge on any atom is 0.228 e. The van der Waals surface area contributed by atoms with Gasteiger partial charge in [-0.05, 0) is 30.2 Å². The highest BCUT2D eigenvalue weighted by atomic mass is 79.9. The summed E-state index contributed by atoms with van der Waals surface area (Å²) in [6.07, 6.45) is 0.719. The van der Waals surface area contributed by atoms with Crippen LogP contribution in [0.3, 0.4) is 0 Å². The molecule has 104 valence electrons. The molecule has 1 fully saturated rings. The van der Waals surface area contributed by atoms with Crippen LogP contribution in [0.5, 0.6) is 0 Å². The normalized spacial score (nSPS) is 20.1. The molecule has 7 heteroatoms. The Morgan fingerprint density at radius 2 is 2.16 bits per heavy atom. The highest BCUT2D eigenvalue weighted by Gasteiger charge is 2.37. The number of carbonyl (C=O) groups is 1. The number of nitrogens with zero attached hydrogens (tertiary/aromatic N) is 1. The summed E-state index contributed by atoms with van der Waals surface area (Å²) < 4.78 is 23.6. The molecule has 0 spiro atoms. The number of aryl methyl sites for hydroxylation is 1. The molecule has 2 N–H and O–H groups in total. The summed E-state index contributed by atoms with van der Waals surface area (Å²) in [5.74, 6) is -0.198. The first-order chi connectivity index (χ1) is 8.82. The average Bonchev–Trinajstić information content (AvgIpc) is 2.71. The molecule has 1 aliphatic rings. The molecular weight excluding hydrogens is 332 g/mol. The molecule has 1 aliphatic heterocycles. The maximum absolute atomic E-state index is 12.0. The predicted octanol–water partition coefficient (Wildman–Crippen LogP) is 1.41. The summed E-state index contributed by atoms with van der Waals surface area (Å²) in [6.45, 7) is 2.12. The maximum atomic E-state index is 12.0. The van der Waals surface area contributed by atoms with Crippen LogP contribution < -0.4 is 10.0 Å². The Morgan fingerprint density at radius 3 is 2.68 bits per heavy atom. The van der Waals surface area contributed by atoms with Crippen LogP contribution in [0.25, 0.3) is 0 Å². The highest BCUT2D eigenvalue weighted by Crippen LogP contribution is 2.29. The molecular formula is C12H15BrN2O3S. The number of carbonyl (C=O) groups excluding carboxylic acids is 1. The number of nitrogens with two attached hydrogens (primary N) is 1. The second-order valence-electron chi connectivity index (χ2n) is 4.55. The molecule has 1 unspecified atom stereocenters. The first-order valence-corrected chi connectivity index (χ1v) is 8.33. The van der Waals surface area contributed by atoms with E-state index in [0.717, 1.165) is 22.1 Å². The van der Waals surface area contributed by atoms with Crippen molar-refractivity contribution in [3.63, 3.8) is 0 Å². The van der Waals surface area contributed by atoms with Crippen LogP contribution in [0.1, 0.15) is 18.9 Å². The minimum atomic E-state index is -3.68. The van der Waals surface area contributed by atoms with Gasteiger partial charge in [0.1, 0.15) is 5.25 Å². The molecule has 1 atom stereocenters. The van der Waals surface area contributed by atoms with Gasteiger partial charge in [-0.15, -0.1) is 0 Å². The standard InChI is InChI=1S/C12H15BrN2O3S/c1-2-8-5-9(13)3-4-11(8)15-7-10(6-12(15)16)19(14,17)18/h3-5,10H,2,6-7H2,1H3,(H2,14,17,18). The van der Waals surface area contributed by atoms with E-state index in [9.17, 15) is 13.2 Å². The molecule has 1 aromatic rings. The molecule has 1 saturated heterocycles. The zero-order chi connectivity index (χ0) is 14.2. The predicted molar refractivity (Wildman–Crippen MR) is 77.4 cm³/mol. The summed E-state index contributed by atoms with van der Waals surface area (Å²) in [5.41, 5.74) is 1.76. The molecule has 0 aliphatic carbocycles. The Balaban J connectivity index is 2.36. The second-order valence-corrected chi connectivity index (χ2v) is 7.31. The number of benzene rings is 1. The Kier molecular flexibility index (Phi) is 3.98. The van der Waals surface area contributed by atoms with E-state index in [1.54, 1.807) is 0 Å². The minimum Gasteiger partial charge on any atom is -0.311 e. The number of halogens is 1. The third kappa shape index (κ3) is 2.98. The van der Waals surface area contributed by atoms with Crippen molar-refractivity contribution in [1.82, 2.24) is 0 Å². The zero-order valence-corrected chi connectivity index (χ0v) is 12.9. The Labute approximate surface area is 121 Å². The molecule has 1 aromatic carbocycles. The van der Waals surface area contributed by atoms with Gasteiger partial charge in [0, 0.05) is 23.1 Å². The number of primary sulfonamides is 1. The lowest BCUT2D eigenvalue weighted by Gasteiger charge is -2.20. The first kappa shape index (κ1) is 14.5. The highest BCUT2D eigenvalue weighted by molar-refractivity contribution is 9.10. The van der Waals surface area contributed by atoms with Crippen molar-refractivity contribution in [3.05, 3.63) is 28.2 Å². The number of sulfonamides is 1. The van der Waals surface area contributed by atoms with Crippen LogP contribution in [0.15, 0.2) is 22.7 Å². The Hall–Kier alpha value is -0.920. The van der Waals surface area contributed by atoms with Crippen molar-refractivity contribution in [2.75, 3.05) is 11.4 Å². The Morgan fingerprint density at radius 1 is 1.47 bits per heavy atom. The summed E-state index contributed by atoms with van der Waals surface area (Å²) >= 11 is 3.39. The van der Waals surface area contributed by atoms with Crippen LogP contribution >= 0.6 is 15.9 Å². The average molecular weight is 347 g/mol. The largest absolute Gasteiger partial charge is 0.311 e. The lowest BCUT2D eigenvalue weighted by molar-refractivity contribution is -0.117. The van der Waals surface area contributed by atoms with Gasteiger partial charge in [-0.25, -0.2) is 13.6 Å². The topological polar surface area (TPSA) is 80.5 Å². The minimum absolute atomic E-state index is 0.0436. The van der Waals surface area contributed by atoms with E-state index in [0.29, 0.717) is 0 Å². The van der Waals surface area contributed by atoms with Crippen LogP contribution in [-0.4, -0.2) is 26.1 Å². The molecule has 0 saturated carbocycles. The van der Waals surface area contributed by atoms with Gasteiger partial charge in [-0.1, -0.05) is 22.9 Å². The lowest BCUT2D eigenvalue weighted by Crippen LogP contribution is -2.32. The van der Waals surface area contributed by atoms with Crippen LogP contribution in [0, 0.1) is 0 Å². The monoisotopic (exact) mass is 346 g/mol. The number of anilines is 1. The summed E-state index contributed by atoms with van der Waals surface area (Å²) in [6, 6.07) is 5.60. The fraction of sp³-hybridized carbons (Fsp3) is 0.417. The van der Waals surface area contributed by atoms with Crippen LogP contribution in [0.4, 0.5) is 5.69 Å². The number of hydrogen-bond acceptors (Lipinski definition) is 3. The van der Waals surface area contributed by atoms with Crippen LogP contribution in [0.2, 0.25) is 0 Å². The van der Waals surface area contributed by atoms with Crippen molar-refractivity contribution in [2.45, 2.75) is 25.0 Å². The van der Waals surface area contributed by atoms with Gasteiger partial charge >= 0.3 is 0 Å². The molecule has 0 aromatic heterocycles. The smallest absolute Gasteiger partial charge is 0.228 e. The number of amides is 1. The van der Waals surface area contributed by atoms with E-state index < -0.39 is 15.3 Å². The molecule has 1 amide bonds.